The number of H-pyrrole nitrogens is 1. The van der Waals surface area contributed by atoms with Gasteiger partial charge in [0.15, 0.2) is 0 Å². The van der Waals surface area contributed by atoms with Crippen molar-refractivity contribution in [3.8, 4) is 11.3 Å². The number of hydrogen-bond acceptors (Lipinski definition) is 4. The summed E-state index contributed by atoms with van der Waals surface area (Å²) >= 11 is 0. The highest BCUT2D eigenvalue weighted by molar-refractivity contribution is 6.00. The lowest BCUT2D eigenvalue weighted by atomic mass is 10.1. The molecule has 0 unspecified atom stereocenters. The van der Waals surface area contributed by atoms with Crippen LogP contribution in [0, 0.1) is 0 Å². The molecular weight excluding hydrogens is 338 g/mol. The molecule has 0 fully saturated rings. The smallest absolute Gasteiger partial charge is 0.253 e. The number of carbonyl (C=O) groups excluding carboxylic acids is 1. The van der Waals surface area contributed by atoms with Crippen LogP contribution in [0.5, 0.6) is 0 Å². The van der Waals surface area contributed by atoms with Crippen LogP contribution in [0.4, 0.5) is 11.5 Å². The Morgan fingerprint density at radius 3 is 2.74 bits per heavy atom. The molecule has 6 heteroatoms. The monoisotopic (exact) mass is 355 g/mol. The lowest BCUT2D eigenvalue weighted by Gasteiger charge is -2.11. The number of fused-ring (bicyclic) bond motifs is 2. The molecule has 0 bridgehead atoms. The van der Waals surface area contributed by atoms with Gasteiger partial charge in [-0.15, -0.1) is 0 Å². The minimum absolute atomic E-state index is 0.0213. The number of aromatic amines is 1. The Labute approximate surface area is 155 Å². The molecular formula is C21H17N5O. The molecule has 27 heavy (non-hydrogen) atoms. The molecule has 0 aliphatic carbocycles. The van der Waals surface area contributed by atoms with E-state index in [4.69, 9.17) is 4.98 Å². The maximum Gasteiger partial charge on any atom is 0.253 e. The Morgan fingerprint density at radius 2 is 1.89 bits per heavy atom. The van der Waals surface area contributed by atoms with Gasteiger partial charge in [0.05, 0.1) is 11.1 Å². The van der Waals surface area contributed by atoms with Crippen molar-refractivity contribution in [1.82, 2.24) is 20.3 Å². The molecule has 1 aromatic carbocycles. The maximum absolute atomic E-state index is 12.1. The molecule has 0 saturated carbocycles. The zero-order chi connectivity index (χ0) is 18.2. The molecule has 1 aliphatic heterocycles. The molecule has 4 heterocycles. The fourth-order valence-corrected chi connectivity index (χ4v) is 3.46. The summed E-state index contributed by atoms with van der Waals surface area (Å²) in [4.78, 5) is 24.4. The summed E-state index contributed by atoms with van der Waals surface area (Å²) in [5.41, 5.74) is 5.41. The fraction of sp³-hybridized carbons (Fsp3) is 0.0952. The third-order valence-electron chi connectivity index (χ3n) is 4.77. The van der Waals surface area contributed by atoms with Gasteiger partial charge in [-0.1, -0.05) is 18.2 Å². The minimum atomic E-state index is -0.0213. The van der Waals surface area contributed by atoms with E-state index in [-0.39, 0.29) is 5.91 Å². The number of benzene rings is 1. The van der Waals surface area contributed by atoms with Crippen LogP contribution in [-0.2, 0) is 6.42 Å². The summed E-state index contributed by atoms with van der Waals surface area (Å²) in [6.45, 7) is 0.666. The number of amides is 1. The standard InChI is InChI=1S/C21H17N5O/c27-21-16-12-18(25-17(16)8-11-23-21)15-3-1-2-13-4-5-19(26-20(13)15)24-14-6-9-22-10-7-14/h1-7,9-10,12,25H,8,11H2,(H,23,27)(H,22,24,26). The van der Waals surface area contributed by atoms with Crippen LogP contribution in [0.3, 0.4) is 0 Å². The number of nitrogens with one attached hydrogen (secondary N) is 3. The van der Waals surface area contributed by atoms with Crippen molar-refractivity contribution in [2.75, 3.05) is 11.9 Å². The second-order valence-electron chi connectivity index (χ2n) is 6.52. The normalized spacial score (nSPS) is 13.3. The number of hydrogen-bond donors (Lipinski definition) is 3. The first kappa shape index (κ1) is 15.6. The number of rotatable bonds is 3. The predicted molar refractivity (Wildman–Crippen MR) is 105 cm³/mol. The lowest BCUT2D eigenvalue weighted by molar-refractivity contribution is 0.0946. The van der Waals surface area contributed by atoms with E-state index < -0.39 is 0 Å². The number of para-hydroxylation sites is 1. The summed E-state index contributed by atoms with van der Waals surface area (Å²) in [6.07, 6.45) is 4.29. The minimum Gasteiger partial charge on any atom is -0.358 e. The fourth-order valence-electron chi connectivity index (χ4n) is 3.46. The van der Waals surface area contributed by atoms with Crippen molar-refractivity contribution in [3.05, 3.63) is 72.2 Å². The van der Waals surface area contributed by atoms with Gasteiger partial charge in [0.1, 0.15) is 5.82 Å². The van der Waals surface area contributed by atoms with Crippen molar-refractivity contribution in [2.45, 2.75) is 6.42 Å². The first-order chi connectivity index (χ1) is 13.3. The number of anilines is 2. The van der Waals surface area contributed by atoms with E-state index in [1.807, 2.05) is 48.5 Å². The molecule has 0 saturated heterocycles. The van der Waals surface area contributed by atoms with Crippen LogP contribution in [-0.4, -0.2) is 27.4 Å². The third-order valence-corrected chi connectivity index (χ3v) is 4.77. The van der Waals surface area contributed by atoms with Gasteiger partial charge in [-0.05, 0) is 30.3 Å². The Hall–Kier alpha value is -3.67. The Bertz CT molecular complexity index is 1150. The molecule has 6 nitrogen and oxygen atoms in total. The van der Waals surface area contributed by atoms with Crippen LogP contribution in [0.25, 0.3) is 22.2 Å². The van der Waals surface area contributed by atoms with Crippen molar-refractivity contribution in [1.29, 1.82) is 0 Å². The largest absolute Gasteiger partial charge is 0.358 e. The number of nitrogens with zero attached hydrogens (tertiary/aromatic N) is 2. The molecule has 3 aromatic heterocycles. The predicted octanol–water partition coefficient (Wildman–Crippen LogP) is 3.65. The van der Waals surface area contributed by atoms with Gasteiger partial charge >= 0.3 is 0 Å². The van der Waals surface area contributed by atoms with Crippen LogP contribution < -0.4 is 10.6 Å². The molecule has 5 rings (SSSR count). The second-order valence-corrected chi connectivity index (χ2v) is 6.52. The Balaban J connectivity index is 1.60. The van der Waals surface area contributed by atoms with Gasteiger partial charge in [-0.2, -0.15) is 0 Å². The molecule has 132 valence electrons. The lowest BCUT2D eigenvalue weighted by Crippen LogP contribution is -2.31. The third kappa shape index (κ3) is 2.81. The average Bonchev–Trinajstić information content (AvgIpc) is 3.14. The van der Waals surface area contributed by atoms with Gasteiger partial charge in [0.25, 0.3) is 5.91 Å². The van der Waals surface area contributed by atoms with Gasteiger partial charge in [0.2, 0.25) is 0 Å². The van der Waals surface area contributed by atoms with Gasteiger partial charge < -0.3 is 15.6 Å². The first-order valence-corrected chi connectivity index (χ1v) is 8.85. The summed E-state index contributed by atoms with van der Waals surface area (Å²) < 4.78 is 0. The highest BCUT2D eigenvalue weighted by Gasteiger charge is 2.20. The van der Waals surface area contributed by atoms with E-state index in [9.17, 15) is 4.79 Å². The SMILES string of the molecule is O=C1NCCc2[nH]c(-c3cccc4ccc(Nc5ccncc5)nc34)cc21. The molecule has 1 amide bonds. The van der Waals surface area contributed by atoms with Crippen molar-refractivity contribution in [2.24, 2.45) is 0 Å². The summed E-state index contributed by atoms with van der Waals surface area (Å²) in [5, 5.41) is 7.24. The van der Waals surface area contributed by atoms with Gasteiger partial charge in [-0.25, -0.2) is 4.98 Å². The Morgan fingerprint density at radius 1 is 1.00 bits per heavy atom. The van der Waals surface area contributed by atoms with E-state index in [0.29, 0.717) is 6.54 Å². The van der Waals surface area contributed by atoms with Crippen molar-refractivity contribution < 1.29 is 4.79 Å². The van der Waals surface area contributed by atoms with Gasteiger partial charge in [0, 0.05) is 53.4 Å². The van der Waals surface area contributed by atoms with Crippen LogP contribution in [0.1, 0.15) is 16.1 Å². The molecule has 4 aromatic rings. The highest BCUT2D eigenvalue weighted by Crippen LogP contribution is 2.30. The molecule has 0 radical (unpaired) electrons. The summed E-state index contributed by atoms with van der Waals surface area (Å²) in [6, 6.07) is 15.8. The van der Waals surface area contributed by atoms with E-state index in [0.717, 1.165) is 51.3 Å². The topological polar surface area (TPSA) is 82.7 Å². The number of carbonyl (C=O) groups is 1. The van der Waals surface area contributed by atoms with Crippen LogP contribution in [0.2, 0.25) is 0 Å². The molecule has 3 N–H and O–H groups in total. The molecule has 1 aliphatic rings. The van der Waals surface area contributed by atoms with Gasteiger partial charge in [-0.3, -0.25) is 9.78 Å². The van der Waals surface area contributed by atoms with E-state index in [2.05, 4.69) is 20.6 Å². The van der Waals surface area contributed by atoms with Crippen LogP contribution >= 0.6 is 0 Å². The van der Waals surface area contributed by atoms with Crippen LogP contribution in [0.15, 0.2) is 60.9 Å². The van der Waals surface area contributed by atoms with E-state index in [1.54, 1.807) is 12.4 Å². The van der Waals surface area contributed by atoms with E-state index in [1.165, 1.54) is 0 Å². The maximum atomic E-state index is 12.1. The Kier molecular flexibility index (Phi) is 3.60. The highest BCUT2D eigenvalue weighted by atomic mass is 16.1. The molecule has 0 spiro atoms. The number of aromatic nitrogens is 3. The zero-order valence-corrected chi connectivity index (χ0v) is 14.5. The second kappa shape index (κ2) is 6.25. The summed E-state index contributed by atoms with van der Waals surface area (Å²) in [5.74, 6) is 0.738. The zero-order valence-electron chi connectivity index (χ0n) is 14.5. The average molecular weight is 355 g/mol. The quantitative estimate of drug-likeness (QED) is 0.524. The molecule has 0 atom stereocenters. The number of pyridine rings is 2. The summed E-state index contributed by atoms with van der Waals surface area (Å²) in [7, 11) is 0. The van der Waals surface area contributed by atoms with Crippen molar-refractivity contribution in [3.63, 3.8) is 0 Å². The first-order valence-electron chi connectivity index (χ1n) is 8.85. The van der Waals surface area contributed by atoms with E-state index >= 15 is 0 Å². The van der Waals surface area contributed by atoms with Crippen molar-refractivity contribution >= 4 is 28.3 Å².